The fraction of sp³-hybridized carbons (Fsp3) is 0.250. The van der Waals surface area contributed by atoms with E-state index in [2.05, 4.69) is 4.98 Å². The van der Waals surface area contributed by atoms with Crippen molar-refractivity contribution in [2.24, 2.45) is 0 Å². The zero-order valence-electron chi connectivity index (χ0n) is 8.97. The zero-order valence-corrected chi connectivity index (χ0v) is 9.72. The molecule has 1 atom stereocenters. The average molecular weight is 237 g/mol. The summed E-state index contributed by atoms with van der Waals surface area (Å²) in [6, 6.07) is 3.80. The van der Waals surface area contributed by atoms with E-state index < -0.39 is 6.10 Å². The van der Waals surface area contributed by atoms with Gasteiger partial charge in [0.05, 0.1) is 11.1 Å². The second-order valence-electron chi connectivity index (χ2n) is 3.76. The minimum atomic E-state index is -0.436. The Morgan fingerprint density at radius 1 is 1.50 bits per heavy atom. The van der Waals surface area contributed by atoms with Gasteiger partial charge in [-0.05, 0) is 30.2 Å². The number of pyridine rings is 1. The van der Waals surface area contributed by atoms with E-state index in [1.54, 1.807) is 19.3 Å². The van der Waals surface area contributed by atoms with Crippen LogP contribution < -0.4 is 0 Å². The molecule has 0 aliphatic rings. The van der Waals surface area contributed by atoms with Crippen molar-refractivity contribution < 1.29 is 5.11 Å². The summed E-state index contributed by atoms with van der Waals surface area (Å²) in [4.78, 5) is 3.94. The summed E-state index contributed by atoms with van der Waals surface area (Å²) in [5.41, 5.74) is 1.93. The molecule has 0 amide bonds. The van der Waals surface area contributed by atoms with Crippen LogP contribution in [-0.4, -0.2) is 14.7 Å². The number of hydrogen-bond acceptors (Lipinski definition) is 2. The van der Waals surface area contributed by atoms with Gasteiger partial charge in [0, 0.05) is 31.3 Å². The zero-order chi connectivity index (χ0) is 11.5. The molecule has 0 radical (unpaired) electrons. The first-order valence-electron chi connectivity index (χ1n) is 5.09. The molecule has 2 heterocycles. The van der Waals surface area contributed by atoms with Crippen molar-refractivity contribution in [1.82, 2.24) is 9.55 Å². The number of halogens is 1. The third-order valence-corrected chi connectivity index (χ3v) is 2.81. The van der Waals surface area contributed by atoms with Gasteiger partial charge in [0.1, 0.15) is 0 Å². The fourth-order valence-electron chi connectivity index (χ4n) is 1.53. The standard InChI is InChI=1S/C12H13ClN2O/c1-9(16)10-3-5-15(7-10)8-11-2-4-14-6-12(11)13/h2-7,9,16H,8H2,1H3. The van der Waals surface area contributed by atoms with Gasteiger partial charge in [0.2, 0.25) is 0 Å². The van der Waals surface area contributed by atoms with Gasteiger partial charge in [0.15, 0.2) is 0 Å². The third kappa shape index (κ3) is 2.43. The Morgan fingerprint density at radius 2 is 2.31 bits per heavy atom. The van der Waals surface area contributed by atoms with Gasteiger partial charge in [-0.2, -0.15) is 0 Å². The van der Waals surface area contributed by atoms with E-state index in [1.165, 1.54) is 0 Å². The first-order chi connectivity index (χ1) is 7.66. The SMILES string of the molecule is CC(O)c1ccn(Cc2ccncc2Cl)c1. The molecule has 0 saturated carbocycles. The summed E-state index contributed by atoms with van der Waals surface area (Å²) < 4.78 is 1.99. The summed E-state index contributed by atoms with van der Waals surface area (Å²) >= 11 is 6.02. The van der Waals surface area contributed by atoms with Gasteiger partial charge in [-0.3, -0.25) is 4.98 Å². The maximum absolute atomic E-state index is 9.41. The average Bonchev–Trinajstić information content (AvgIpc) is 2.70. The quantitative estimate of drug-likeness (QED) is 0.890. The molecule has 1 N–H and O–H groups in total. The van der Waals surface area contributed by atoms with Crippen molar-refractivity contribution >= 4 is 11.6 Å². The van der Waals surface area contributed by atoms with Gasteiger partial charge in [-0.1, -0.05) is 11.6 Å². The molecule has 1 unspecified atom stereocenters. The van der Waals surface area contributed by atoms with Gasteiger partial charge in [-0.25, -0.2) is 0 Å². The number of aliphatic hydroxyl groups is 1. The monoisotopic (exact) mass is 236 g/mol. The predicted octanol–water partition coefficient (Wildman–Crippen LogP) is 2.64. The van der Waals surface area contributed by atoms with Gasteiger partial charge in [0.25, 0.3) is 0 Å². The topological polar surface area (TPSA) is 38.0 Å². The molecule has 0 aliphatic heterocycles. The lowest BCUT2D eigenvalue weighted by Crippen LogP contribution is -1.98. The lowest BCUT2D eigenvalue weighted by Gasteiger charge is -2.05. The van der Waals surface area contributed by atoms with Crippen LogP contribution in [0.15, 0.2) is 36.9 Å². The van der Waals surface area contributed by atoms with Crippen LogP contribution in [0.2, 0.25) is 5.02 Å². The fourth-order valence-corrected chi connectivity index (χ4v) is 1.71. The molecule has 4 heteroatoms. The molecule has 0 aromatic carbocycles. The molecule has 2 aromatic rings. The number of aliphatic hydroxyl groups excluding tert-OH is 1. The Morgan fingerprint density at radius 3 is 2.94 bits per heavy atom. The minimum absolute atomic E-state index is 0.436. The molecule has 2 rings (SSSR count). The van der Waals surface area contributed by atoms with Crippen molar-refractivity contribution in [2.75, 3.05) is 0 Å². The van der Waals surface area contributed by atoms with Crippen molar-refractivity contribution in [3.05, 3.63) is 53.1 Å². The van der Waals surface area contributed by atoms with Gasteiger partial charge >= 0.3 is 0 Å². The van der Waals surface area contributed by atoms with Gasteiger partial charge in [-0.15, -0.1) is 0 Å². The van der Waals surface area contributed by atoms with Crippen LogP contribution in [0.5, 0.6) is 0 Å². The number of nitrogens with zero attached hydrogens (tertiary/aromatic N) is 2. The number of aromatic nitrogens is 2. The highest BCUT2D eigenvalue weighted by Crippen LogP contribution is 2.17. The summed E-state index contributed by atoms with van der Waals surface area (Å²) in [6.45, 7) is 2.44. The van der Waals surface area contributed by atoms with Gasteiger partial charge < -0.3 is 9.67 Å². The maximum Gasteiger partial charge on any atom is 0.0776 e. The number of rotatable bonds is 3. The van der Waals surface area contributed by atoms with Crippen molar-refractivity contribution in [3.63, 3.8) is 0 Å². The molecule has 0 fully saturated rings. The lowest BCUT2D eigenvalue weighted by atomic mass is 10.2. The highest BCUT2D eigenvalue weighted by atomic mass is 35.5. The van der Waals surface area contributed by atoms with Crippen LogP contribution in [0.25, 0.3) is 0 Å². The molecular formula is C12H13ClN2O. The Kier molecular flexibility index (Phi) is 3.27. The highest BCUT2D eigenvalue weighted by molar-refractivity contribution is 6.31. The molecule has 3 nitrogen and oxygen atoms in total. The molecule has 16 heavy (non-hydrogen) atoms. The van der Waals surface area contributed by atoms with Crippen LogP contribution in [-0.2, 0) is 6.54 Å². The molecule has 0 saturated heterocycles. The van der Waals surface area contributed by atoms with E-state index in [-0.39, 0.29) is 0 Å². The largest absolute Gasteiger partial charge is 0.389 e. The van der Waals surface area contributed by atoms with Crippen molar-refractivity contribution in [3.8, 4) is 0 Å². The normalized spacial score (nSPS) is 12.7. The molecular weight excluding hydrogens is 224 g/mol. The van der Waals surface area contributed by atoms with Crippen LogP contribution >= 0.6 is 11.6 Å². The Hall–Kier alpha value is -1.32. The van der Waals surface area contributed by atoms with Crippen LogP contribution in [0, 0.1) is 0 Å². The predicted molar refractivity (Wildman–Crippen MR) is 63.4 cm³/mol. The lowest BCUT2D eigenvalue weighted by molar-refractivity contribution is 0.199. The second-order valence-corrected chi connectivity index (χ2v) is 4.17. The Balaban J connectivity index is 2.18. The molecule has 0 spiro atoms. The van der Waals surface area contributed by atoms with E-state index in [0.29, 0.717) is 11.6 Å². The number of hydrogen-bond donors (Lipinski definition) is 1. The maximum atomic E-state index is 9.41. The van der Waals surface area contributed by atoms with E-state index in [9.17, 15) is 5.11 Å². The highest BCUT2D eigenvalue weighted by Gasteiger charge is 2.04. The van der Waals surface area contributed by atoms with Crippen LogP contribution in [0.4, 0.5) is 0 Å². The Labute approximate surface area is 99.3 Å². The van der Waals surface area contributed by atoms with Crippen LogP contribution in [0.1, 0.15) is 24.2 Å². The van der Waals surface area contributed by atoms with E-state index in [4.69, 9.17) is 11.6 Å². The molecule has 0 aliphatic carbocycles. The summed E-state index contributed by atoms with van der Waals surface area (Å²) in [5.74, 6) is 0. The minimum Gasteiger partial charge on any atom is -0.389 e. The second kappa shape index (κ2) is 4.68. The van der Waals surface area contributed by atoms with E-state index in [0.717, 1.165) is 11.1 Å². The summed E-state index contributed by atoms with van der Waals surface area (Å²) in [6.07, 6.45) is 6.77. The summed E-state index contributed by atoms with van der Waals surface area (Å²) in [5, 5.41) is 10.1. The summed E-state index contributed by atoms with van der Waals surface area (Å²) in [7, 11) is 0. The van der Waals surface area contributed by atoms with Crippen LogP contribution in [0.3, 0.4) is 0 Å². The van der Waals surface area contributed by atoms with Crippen molar-refractivity contribution in [1.29, 1.82) is 0 Å². The molecule has 0 bridgehead atoms. The van der Waals surface area contributed by atoms with Crippen molar-refractivity contribution in [2.45, 2.75) is 19.6 Å². The third-order valence-electron chi connectivity index (χ3n) is 2.47. The molecule has 2 aromatic heterocycles. The first-order valence-corrected chi connectivity index (χ1v) is 5.47. The molecule has 84 valence electrons. The Bertz CT molecular complexity index is 479. The smallest absolute Gasteiger partial charge is 0.0776 e. The van der Waals surface area contributed by atoms with E-state index in [1.807, 2.05) is 29.1 Å². The van der Waals surface area contributed by atoms with E-state index >= 15 is 0 Å². The first kappa shape index (κ1) is 11.2.